The maximum atomic E-state index is 6.97. The Morgan fingerprint density at radius 3 is 1.44 bits per heavy atom. The van der Waals surface area contributed by atoms with E-state index in [4.69, 9.17) is 19.0 Å². The number of nitrogens with two attached hydrogens (primary N) is 1. The quantitative estimate of drug-likeness (QED) is 0.729. The van der Waals surface area contributed by atoms with Gasteiger partial charge in [0.15, 0.2) is 0 Å². The molecular weight excluding hydrogens is 330 g/mol. The second-order valence-corrected chi connectivity index (χ2v) is 9.59. The highest BCUT2D eigenvalue weighted by Gasteiger charge is 2.41. The van der Waals surface area contributed by atoms with E-state index in [1.54, 1.807) is 21.3 Å². The van der Waals surface area contributed by atoms with E-state index in [-0.39, 0.29) is 0 Å². The second kappa shape index (κ2) is 8.25. The Bertz CT molecular complexity index is 613. The van der Waals surface area contributed by atoms with Gasteiger partial charge in [-0.15, -0.1) is 0 Å². The largest absolute Gasteiger partial charge is 0.500 e. The molecule has 0 radical (unpaired) electrons. The molecule has 0 spiro atoms. The fourth-order valence-corrected chi connectivity index (χ4v) is 4.88. The lowest BCUT2D eigenvalue weighted by molar-refractivity contribution is 0.121. The Labute approximate surface area is 152 Å². The highest BCUT2D eigenvalue weighted by molar-refractivity contribution is 6.60. The van der Waals surface area contributed by atoms with Crippen LogP contribution in [0.5, 0.6) is 0 Å². The first-order chi connectivity index (χ1) is 11.9. The first-order valence-corrected chi connectivity index (χ1v) is 10.4. The van der Waals surface area contributed by atoms with E-state index in [1.165, 1.54) is 11.1 Å². The average molecular weight is 360 g/mol. The van der Waals surface area contributed by atoms with Crippen molar-refractivity contribution in [2.75, 3.05) is 21.3 Å². The van der Waals surface area contributed by atoms with E-state index < -0.39 is 14.3 Å². The van der Waals surface area contributed by atoms with Gasteiger partial charge in [-0.25, -0.2) is 0 Å². The molecule has 0 saturated carbocycles. The molecule has 0 saturated heterocycles. The maximum absolute atomic E-state index is 6.97. The van der Waals surface area contributed by atoms with Crippen LogP contribution in [-0.2, 0) is 18.8 Å². The molecule has 136 valence electrons. The number of hydrogen-bond donors (Lipinski definition) is 1. The molecule has 0 aliphatic heterocycles. The fraction of sp³-hybridized carbons (Fsp3) is 0.400. The van der Waals surface area contributed by atoms with Gasteiger partial charge in [0, 0.05) is 27.4 Å². The van der Waals surface area contributed by atoms with Gasteiger partial charge in [0.05, 0.1) is 5.54 Å². The first-order valence-electron chi connectivity index (χ1n) is 8.48. The lowest BCUT2D eigenvalue weighted by Crippen LogP contribution is -2.46. The van der Waals surface area contributed by atoms with Crippen LogP contribution in [0.25, 0.3) is 0 Å². The molecule has 0 amide bonds. The van der Waals surface area contributed by atoms with Crippen molar-refractivity contribution < 1.29 is 13.3 Å². The highest BCUT2D eigenvalue weighted by atomic mass is 28.4. The molecular formula is C20H29NO3Si. The van der Waals surface area contributed by atoms with E-state index >= 15 is 0 Å². The van der Waals surface area contributed by atoms with E-state index in [9.17, 15) is 0 Å². The molecule has 4 nitrogen and oxygen atoms in total. The smallest absolute Gasteiger partial charge is 0.377 e. The van der Waals surface area contributed by atoms with Gasteiger partial charge in [0.25, 0.3) is 0 Å². The van der Waals surface area contributed by atoms with Crippen molar-refractivity contribution in [3.63, 3.8) is 0 Å². The summed E-state index contributed by atoms with van der Waals surface area (Å²) >= 11 is 0. The molecule has 0 heterocycles. The topological polar surface area (TPSA) is 53.7 Å². The van der Waals surface area contributed by atoms with Gasteiger partial charge in [-0.1, -0.05) is 59.7 Å². The van der Waals surface area contributed by atoms with Crippen molar-refractivity contribution in [2.45, 2.75) is 31.9 Å². The molecule has 0 atom stereocenters. The SMILES string of the molecule is CO[Si](CCC(N)(c1ccc(C)cc1)c1ccc(C)cc1)(OC)OC. The van der Waals surface area contributed by atoms with Gasteiger partial charge in [-0.2, -0.15) is 0 Å². The molecule has 0 unspecified atom stereocenters. The van der Waals surface area contributed by atoms with Gasteiger partial charge in [-0.05, 0) is 31.4 Å². The first kappa shape index (κ1) is 19.8. The lowest BCUT2D eigenvalue weighted by atomic mass is 9.81. The van der Waals surface area contributed by atoms with E-state index in [0.717, 1.165) is 11.1 Å². The lowest BCUT2D eigenvalue weighted by Gasteiger charge is -2.34. The number of benzene rings is 2. The number of aryl methyl sites for hydroxylation is 2. The standard InChI is InChI=1S/C20H29NO3Si/c1-16-6-10-18(11-7-16)20(21,19-12-8-17(2)9-13-19)14-15-25(22-3,23-4)24-5/h6-13H,14-15,21H2,1-5H3. The Morgan fingerprint density at radius 1 is 0.760 bits per heavy atom. The Balaban J connectivity index is 2.41. The zero-order chi connectivity index (χ0) is 18.5. The molecule has 2 aromatic carbocycles. The molecule has 2 aromatic rings. The van der Waals surface area contributed by atoms with Crippen LogP contribution in [0.2, 0.25) is 6.04 Å². The Kier molecular flexibility index (Phi) is 6.54. The third-order valence-corrected chi connectivity index (χ3v) is 7.62. The zero-order valence-corrected chi connectivity index (χ0v) is 16.8. The molecule has 0 aliphatic rings. The normalized spacial score (nSPS) is 12.4. The van der Waals surface area contributed by atoms with E-state index in [0.29, 0.717) is 12.5 Å². The van der Waals surface area contributed by atoms with Crippen LogP contribution in [0.4, 0.5) is 0 Å². The molecule has 2 rings (SSSR count). The molecule has 0 aliphatic carbocycles. The van der Waals surface area contributed by atoms with Gasteiger partial charge in [0.1, 0.15) is 0 Å². The van der Waals surface area contributed by atoms with E-state index in [2.05, 4.69) is 62.4 Å². The monoisotopic (exact) mass is 359 g/mol. The molecule has 0 aromatic heterocycles. The molecule has 0 bridgehead atoms. The minimum Gasteiger partial charge on any atom is -0.377 e. The van der Waals surface area contributed by atoms with Crippen LogP contribution in [0.1, 0.15) is 28.7 Å². The summed E-state index contributed by atoms with van der Waals surface area (Å²) in [6.45, 7) is 4.15. The summed E-state index contributed by atoms with van der Waals surface area (Å²) in [5.74, 6) is 0. The summed E-state index contributed by atoms with van der Waals surface area (Å²) in [6.07, 6.45) is 0.668. The maximum Gasteiger partial charge on any atom is 0.500 e. The summed E-state index contributed by atoms with van der Waals surface area (Å²) in [7, 11) is 2.21. The summed E-state index contributed by atoms with van der Waals surface area (Å²) in [5, 5.41) is 0. The van der Waals surface area contributed by atoms with Crippen LogP contribution < -0.4 is 5.73 Å². The summed E-state index contributed by atoms with van der Waals surface area (Å²) in [4.78, 5) is 0. The summed E-state index contributed by atoms with van der Waals surface area (Å²) in [5.41, 5.74) is 10.9. The molecule has 0 fully saturated rings. The van der Waals surface area contributed by atoms with Crippen LogP contribution >= 0.6 is 0 Å². The zero-order valence-electron chi connectivity index (χ0n) is 15.8. The van der Waals surface area contributed by atoms with Crippen molar-refractivity contribution >= 4 is 8.80 Å². The van der Waals surface area contributed by atoms with Gasteiger partial charge < -0.3 is 19.0 Å². The van der Waals surface area contributed by atoms with Crippen LogP contribution in [0.15, 0.2) is 48.5 Å². The highest BCUT2D eigenvalue weighted by Crippen LogP contribution is 2.34. The predicted octanol–water partition coefficient (Wildman–Crippen LogP) is 3.77. The fourth-order valence-electron chi connectivity index (χ4n) is 3.06. The van der Waals surface area contributed by atoms with Crippen molar-refractivity contribution in [3.05, 3.63) is 70.8 Å². The average Bonchev–Trinajstić information content (AvgIpc) is 2.64. The molecule has 5 heteroatoms. The number of rotatable bonds is 8. The Morgan fingerprint density at radius 2 is 1.12 bits per heavy atom. The van der Waals surface area contributed by atoms with Gasteiger partial charge in [0.2, 0.25) is 0 Å². The minimum atomic E-state index is -2.69. The van der Waals surface area contributed by atoms with E-state index in [1.807, 2.05) is 0 Å². The summed E-state index contributed by atoms with van der Waals surface area (Å²) < 4.78 is 16.7. The molecule has 2 N–H and O–H groups in total. The Hall–Kier alpha value is -1.50. The van der Waals surface area contributed by atoms with Gasteiger partial charge >= 0.3 is 8.80 Å². The predicted molar refractivity (Wildman–Crippen MR) is 104 cm³/mol. The second-order valence-electron chi connectivity index (χ2n) is 6.50. The van der Waals surface area contributed by atoms with Crippen molar-refractivity contribution in [2.24, 2.45) is 5.73 Å². The molecule has 25 heavy (non-hydrogen) atoms. The van der Waals surface area contributed by atoms with Crippen molar-refractivity contribution in [3.8, 4) is 0 Å². The number of hydrogen-bond acceptors (Lipinski definition) is 4. The third kappa shape index (κ3) is 4.37. The van der Waals surface area contributed by atoms with Crippen LogP contribution in [-0.4, -0.2) is 30.1 Å². The van der Waals surface area contributed by atoms with Gasteiger partial charge in [-0.3, -0.25) is 0 Å². The van der Waals surface area contributed by atoms with Crippen molar-refractivity contribution in [1.82, 2.24) is 0 Å². The van der Waals surface area contributed by atoms with Crippen molar-refractivity contribution in [1.29, 1.82) is 0 Å². The minimum absolute atomic E-state index is 0.630. The third-order valence-electron chi connectivity index (χ3n) is 4.89. The summed E-state index contributed by atoms with van der Waals surface area (Å²) in [6, 6.07) is 17.4. The van der Waals surface area contributed by atoms with Crippen LogP contribution in [0, 0.1) is 13.8 Å². The van der Waals surface area contributed by atoms with Crippen LogP contribution in [0.3, 0.4) is 0 Å².